The quantitative estimate of drug-likeness (QED) is 0.882. The summed E-state index contributed by atoms with van der Waals surface area (Å²) in [5.74, 6) is 2.59. The van der Waals surface area contributed by atoms with Gasteiger partial charge in [0, 0.05) is 49.5 Å². The van der Waals surface area contributed by atoms with Crippen molar-refractivity contribution >= 4 is 5.82 Å². The molecule has 2 aliphatic rings. The number of benzene rings is 1. The second-order valence-electron chi connectivity index (χ2n) is 8.03. The van der Waals surface area contributed by atoms with E-state index < -0.39 is 0 Å². The Morgan fingerprint density at radius 1 is 1.00 bits per heavy atom. The zero-order valence-electron chi connectivity index (χ0n) is 16.2. The maximum Gasteiger partial charge on any atom is 0.161 e. The molecule has 2 fully saturated rings. The van der Waals surface area contributed by atoms with E-state index in [1.165, 1.54) is 32.4 Å². The van der Waals surface area contributed by atoms with Crippen molar-refractivity contribution in [2.75, 3.05) is 44.2 Å². The Labute approximate surface area is 162 Å². The molecule has 0 saturated carbocycles. The molecule has 144 valence electrons. The van der Waals surface area contributed by atoms with Gasteiger partial charge in [-0.15, -0.1) is 0 Å². The Balaban J connectivity index is 1.52. The summed E-state index contributed by atoms with van der Waals surface area (Å²) in [7, 11) is 0. The molecule has 2 atom stereocenters. The third-order valence-corrected chi connectivity index (χ3v) is 5.95. The van der Waals surface area contributed by atoms with E-state index >= 15 is 0 Å². The first-order chi connectivity index (χ1) is 13.2. The Kier molecular flexibility index (Phi) is 5.69. The van der Waals surface area contributed by atoms with Gasteiger partial charge < -0.3 is 14.9 Å². The highest BCUT2D eigenvalue weighted by atomic mass is 16.3. The van der Waals surface area contributed by atoms with Crippen molar-refractivity contribution in [1.82, 2.24) is 14.9 Å². The van der Waals surface area contributed by atoms with Crippen LogP contribution < -0.4 is 4.90 Å². The van der Waals surface area contributed by atoms with Gasteiger partial charge in [0.1, 0.15) is 5.82 Å². The van der Waals surface area contributed by atoms with Crippen molar-refractivity contribution in [3.05, 3.63) is 42.1 Å². The summed E-state index contributed by atoms with van der Waals surface area (Å²) in [5, 5.41) is 9.94. The van der Waals surface area contributed by atoms with Crippen molar-refractivity contribution in [3.63, 3.8) is 0 Å². The Bertz CT molecular complexity index is 745. The number of piperidine rings is 1. The predicted molar refractivity (Wildman–Crippen MR) is 109 cm³/mol. The van der Waals surface area contributed by atoms with Gasteiger partial charge in [-0.2, -0.15) is 0 Å². The number of anilines is 1. The maximum atomic E-state index is 9.94. The summed E-state index contributed by atoms with van der Waals surface area (Å²) in [4.78, 5) is 14.4. The summed E-state index contributed by atoms with van der Waals surface area (Å²) in [6, 6.07) is 12.2. The largest absolute Gasteiger partial charge is 0.396 e. The highest BCUT2D eigenvalue weighted by Gasteiger charge is 2.34. The summed E-state index contributed by atoms with van der Waals surface area (Å²) in [6.45, 7) is 7.63. The topological polar surface area (TPSA) is 52.5 Å². The predicted octanol–water partition coefficient (Wildman–Crippen LogP) is 2.98. The molecule has 1 aromatic carbocycles. The second kappa shape index (κ2) is 8.36. The lowest BCUT2D eigenvalue weighted by molar-refractivity contribution is 0.149. The normalized spacial score (nSPS) is 23.7. The summed E-state index contributed by atoms with van der Waals surface area (Å²) in [5.41, 5.74) is 2.03. The number of hydrogen-bond acceptors (Lipinski definition) is 5. The molecule has 5 nitrogen and oxygen atoms in total. The first kappa shape index (κ1) is 18.4. The molecule has 0 bridgehead atoms. The third kappa shape index (κ3) is 4.30. The van der Waals surface area contributed by atoms with Crippen LogP contribution in [0.25, 0.3) is 11.4 Å². The van der Waals surface area contributed by atoms with E-state index in [2.05, 4.69) is 33.0 Å². The van der Waals surface area contributed by atoms with Crippen LogP contribution in [0.1, 0.15) is 25.0 Å². The molecule has 1 N–H and O–H groups in total. The molecule has 0 radical (unpaired) electrons. The minimum absolute atomic E-state index is 0.255. The van der Waals surface area contributed by atoms with Gasteiger partial charge in [0.25, 0.3) is 0 Å². The molecule has 4 rings (SSSR count). The monoisotopic (exact) mass is 366 g/mol. The van der Waals surface area contributed by atoms with Gasteiger partial charge in [-0.05, 0) is 38.8 Å². The molecular formula is C22H30N4O. The summed E-state index contributed by atoms with van der Waals surface area (Å²) >= 11 is 0. The molecule has 2 aromatic rings. The zero-order chi connectivity index (χ0) is 18.6. The van der Waals surface area contributed by atoms with Crippen LogP contribution in [0, 0.1) is 18.8 Å². The van der Waals surface area contributed by atoms with Crippen molar-refractivity contribution in [3.8, 4) is 11.4 Å². The number of aliphatic hydroxyl groups excluding tert-OH is 1. The van der Waals surface area contributed by atoms with Crippen molar-refractivity contribution in [2.24, 2.45) is 11.8 Å². The standard InChI is InChI=1S/C22H30N4O/c1-17-12-21(24-22(23-17)18-8-4-2-5-9-18)26-14-19(20(15-26)16-27)13-25-10-6-3-7-11-25/h2,4-5,8-9,12,19-20,27H,3,6-7,10-11,13-16H2,1H3/t19-,20-/m1/s1. The molecule has 5 heteroatoms. The lowest BCUT2D eigenvalue weighted by Crippen LogP contribution is -2.37. The molecule has 0 aliphatic carbocycles. The maximum absolute atomic E-state index is 9.94. The number of hydrogen-bond donors (Lipinski definition) is 1. The summed E-state index contributed by atoms with van der Waals surface area (Å²) < 4.78 is 0. The highest BCUT2D eigenvalue weighted by Crippen LogP contribution is 2.30. The van der Waals surface area contributed by atoms with E-state index in [1.807, 2.05) is 25.1 Å². The number of aryl methyl sites for hydroxylation is 1. The third-order valence-electron chi connectivity index (χ3n) is 5.95. The van der Waals surface area contributed by atoms with Crippen LogP contribution in [0.4, 0.5) is 5.82 Å². The van der Waals surface area contributed by atoms with Gasteiger partial charge in [0.2, 0.25) is 0 Å². The minimum Gasteiger partial charge on any atom is -0.396 e. The molecule has 0 unspecified atom stereocenters. The lowest BCUT2D eigenvalue weighted by Gasteiger charge is -2.30. The van der Waals surface area contributed by atoms with Crippen LogP contribution in [0.2, 0.25) is 0 Å². The van der Waals surface area contributed by atoms with Gasteiger partial charge in [-0.3, -0.25) is 0 Å². The van der Waals surface area contributed by atoms with Gasteiger partial charge in [0.15, 0.2) is 5.82 Å². The number of rotatable bonds is 5. The molecule has 1 aromatic heterocycles. The second-order valence-corrected chi connectivity index (χ2v) is 8.03. The van der Waals surface area contributed by atoms with E-state index in [4.69, 9.17) is 4.98 Å². The van der Waals surface area contributed by atoms with Gasteiger partial charge in [-0.25, -0.2) is 9.97 Å². The van der Waals surface area contributed by atoms with Gasteiger partial charge in [0.05, 0.1) is 0 Å². The first-order valence-electron chi connectivity index (χ1n) is 10.2. The fourth-order valence-corrected chi connectivity index (χ4v) is 4.44. The zero-order valence-corrected chi connectivity index (χ0v) is 16.2. The van der Waals surface area contributed by atoms with Gasteiger partial charge in [-0.1, -0.05) is 36.8 Å². The number of aromatic nitrogens is 2. The molecular weight excluding hydrogens is 336 g/mol. The Morgan fingerprint density at radius 2 is 1.74 bits per heavy atom. The van der Waals surface area contributed by atoms with Crippen LogP contribution in [0.15, 0.2) is 36.4 Å². The average Bonchev–Trinajstić information content (AvgIpc) is 3.12. The molecule has 2 saturated heterocycles. The van der Waals surface area contributed by atoms with E-state index in [-0.39, 0.29) is 6.61 Å². The smallest absolute Gasteiger partial charge is 0.161 e. The van der Waals surface area contributed by atoms with Crippen LogP contribution in [0.5, 0.6) is 0 Å². The fraction of sp³-hybridized carbons (Fsp3) is 0.545. The minimum atomic E-state index is 0.255. The van der Waals surface area contributed by atoms with E-state index in [0.717, 1.165) is 42.5 Å². The number of aliphatic hydroxyl groups is 1. The summed E-state index contributed by atoms with van der Waals surface area (Å²) in [6.07, 6.45) is 3.98. The lowest BCUT2D eigenvalue weighted by atomic mass is 9.95. The SMILES string of the molecule is Cc1cc(N2C[C@@H](CN3CCCCC3)[C@@H](CO)C2)nc(-c2ccccc2)n1. The van der Waals surface area contributed by atoms with Gasteiger partial charge >= 0.3 is 0 Å². The van der Waals surface area contributed by atoms with Crippen molar-refractivity contribution in [2.45, 2.75) is 26.2 Å². The Hall–Kier alpha value is -1.98. The number of likely N-dealkylation sites (tertiary alicyclic amines) is 1. The van der Waals surface area contributed by atoms with E-state index in [1.54, 1.807) is 0 Å². The highest BCUT2D eigenvalue weighted by molar-refractivity contribution is 5.58. The van der Waals surface area contributed by atoms with Crippen molar-refractivity contribution < 1.29 is 5.11 Å². The van der Waals surface area contributed by atoms with Crippen LogP contribution in [0.3, 0.4) is 0 Å². The molecule has 27 heavy (non-hydrogen) atoms. The van der Waals surface area contributed by atoms with Crippen molar-refractivity contribution in [1.29, 1.82) is 0 Å². The van der Waals surface area contributed by atoms with Crippen LogP contribution in [-0.4, -0.2) is 59.3 Å². The molecule has 2 aliphatic heterocycles. The molecule has 0 spiro atoms. The van der Waals surface area contributed by atoms with E-state index in [0.29, 0.717) is 11.8 Å². The molecule has 3 heterocycles. The Morgan fingerprint density at radius 3 is 2.48 bits per heavy atom. The average molecular weight is 367 g/mol. The van der Waals surface area contributed by atoms with Crippen LogP contribution in [-0.2, 0) is 0 Å². The van der Waals surface area contributed by atoms with E-state index in [9.17, 15) is 5.11 Å². The molecule has 0 amide bonds. The first-order valence-corrected chi connectivity index (χ1v) is 10.2. The fourth-order valence-electron chi connectivity index (χ4n) is 4.44. The number of nitrogens with zero attached hydrogens (tertiary/aromatic N) is 4. The van der Waals surface area contributed by atoms with Crippen LogP contribution >= 0.6 is 0 Å².